The summed E-state index contributed by atoms with van der Waals surface area (Å²) >= 11 is 0. The molecule has 0 saturated heterocycles. The molecular weight excluding hydrogens is 430 g/mol. The summed E-state index contributed by atoms with van der Waals surface area (Å²) in [4.78, 5) is 5.21. The van der Waals surface area contributed by atoms with Gasteiger partial charge in [-0.3, -0.25) is 0 Å². The number of phenolic OH excluding ortho intramolecular Hbond substituents is 1. The Hall–Kier alpha value is -3.07. The molecule has 1 aliphatic heterocycles. The van der Waals surface area contributed by atoms with Crippen LogP contribution >= 0.6 is 0 Å². The van der Waals surface area contributed by atoms with E-state index in [1.807, 2.05) is 36.4 Å². The minimum absolute atomic E-state index is 0.0883. The van der Waals surface area contributed by atoms with Crippen LogP contribution in [-0.2, 0) is 21.2 Å². The van der Waals surface area contributed by atoms with Crippen LogP contribution in [-0.4, -0.2) is 17.0 Å². The molecule has 3 aromatic rings. The number of aromatic hydroxyl groups is 1. The third-order valence-corrected chi connectivity index (χ3v) is 6.98. The van der Waals surface area contributed by atoms with Gasteiger partial charge in [-0.2, -0.15) is 0 Å². The van der Waals surface area contributed by atoms with E-state index in [2.05, 4.69) is 91.8 Å². The Morgan fingerprint density at radius 3 is 1.74 bits per heavy atom. The Labute approximate surface area is 210 Å². The van der Waals surface area contributed by atoms with Gasteiger partial charge >= 0.3 is 0 Å². The van der Waals surface area contributed by atoms with Crippen LogP contribution < -0.4 is 0 Å². The van der Waals surface area contributed by atoms with E-state index >= 15 is 0 Å². The van der Waals surface area contributed by atoms with E-state index in [9.17, 15) is 5.11 Å². The second-order valence-electron chi connectivity index (χ2n) is 12.1. The minimum atomic E-state index is -0.780. The number of phenols is 1. The topological polar surface area (TPSA) is 41.8 Å². The molecule has 1 aliphatic rings. The molecule has 0 fully saturated rings. The van der Waals surface area contributed by atoms with E-state index in [1.165, 1.54) is 0 Å². The molecule has 4 rings (SSSR count). The zero-order valence-electron chi connectivity index (χ0n) is 22.4. The maximum atomic E-state index is 11.6. The number of benzene rings is 3. The van der Waals surface area contributed by atoms with Crippen molar-refractivity contribution >= 4 is 5.90 Å². The standard InChI is InChI=1S/C32H39NO2/c1-21(2)28-32(22-15-11-9-12-16-22,23-17-13-10-14-18-23)35-29(33-28)25-19-24(30(3,4)5)20-26(27(25)34)31(6,7)8/h9-21,28,34H,1-8H3/t28-/m0/s1. The van der Waals surface area contributed by atoms with Crippen molar-refractivity contribution in [1.29, 1.82) is 0 Å². The van der Waals surface area contributed by atoms with Gasteiger partial charge in [0.25, 0.3) is 0 Å². The van der Waals surface area contributed by atoms with Gasteiger partial charge in [-0.1, -0.05) is 122 Å². The first-order valence-corrected chi connectivity index (χ1v) is 12.6. The largest absolute Gasteiger partial charge is 0.507 e. The molecular formula is C32H39NO2. The highest BCUT2D eigenvalue weighted by atomic mass is 16.5. The Morgan fingerprint density at radius 1 is 0.800 bits per heavy atom. The summed E-state index contributed by atoms with van der Waals surface area (Å²) < 4.78 is 6.99. The van der Waals surface area contributed by atoms with Gasteiger partial charge < -0.3 is 9.84 Å². The first-order chi connectivity index (χ1) is 16.4. The second-order valence-corrected chi connectivity index (χ2v) is 12.1. The summed E-state index contributed by atoms with van der Waals surface area (Å²) in [6, 6.07) is 24.8. The summed E-state index contributed by atoms with van der Waals surface area (Å²) in [7, 11) is 0. The van der Waals surface area contributed by atoms with Crippen molar-refractivity contribution in [3.05, 3.63) is 101 Å². The van der Waals surface area contributed by atoms with Crippen molar-refractivity contribution in [2.24, 2.45) is 10.9 Å². The molecule has 0 radical (unpaired) electrons. The third kappa shape index (κ3) is 4.49. The number of nitrogens with zero attached hydrogens (tertiary/aromatic N) is 1. The molecule has 0 amide bonds. The lowest BCUT2D eigenvalue weighted by Gasteiger charge is -2.36. The maximum absolute atomic E-state index is 11.6. The summed E-state index contributed by atoms with van der Waals surface area (Å²) in [5.74, 6) is 0.970. The molecule has 3 heteroatoms. The normalized spacial score (nSPS) is 17.9. The molecule has 0 spiro atoms. The first-order valence-electron chi connectivity index (χ1n) is 12.6. The molecule has 0 aliphatic carbocycles. The molecule has 0 bridgehead atoms. The summed E-state index contributed by atoms with van der Waals surface area (Å²) in [6.07, 6.45) is 0. The van der Waals surface area contributed by atoms with Crippen molar-refractivity contribution in [3.8, 4) is 5.75 Å². The lowest BCUT2D eigenvalue weighted by atomic mass is 9.76. The van der Waals surface area contributed by atoms with Crippen molar-refractivity contribution in [2.75, 3.05) is 0 Å². The number of hydrogen-bond acceptors (Lipinski definition) is 3. The van der Waals surface area contributed by atoms with Crippen molar-refractivity contribution < 1.29 is 9.84 Å². The van der Waals surface area contributed by atoms with E-state index in [-0.39, 0.29) is 28.5 Å². The predicted octanol–water partition coefficient (Wildman–Crippen LogP) is 7.73. The van der Waals surface area contributed by atoms with Crippen LogP contribution in [0.1, 0.15) is 83.2 Å². The molecule has 1 heterocycles. The minimum Gasteiger partial charge on any atom is -0.507 e. The van der Waals surface area contributed by atoms with E-state index in [0.29, 0.717) is 11.5 Å². The van der Waals surface area contributed by atoms with Crippen LogP contribution in [0.3, 0.4) is 0 Å². The van der Waals surface area contributed by atoms with E-state index < -0.39 is 5.60 Å². The van der Waals surface area contributed by atoms with Gasteiger partial charge in [-0.25, -0.2) is 4.99 Å². The monoisotopic (exact) mass is 469 g/mol. The molecule has 1 atom stereocenters. The van der Waals surface area contributed by atoms with Gasteiger partial charge in [-0.15, -0.1) is 0 Å². The van der Waals surface area contributed by atoms with E-state index in [0.717, 1.165) is 22.3 Å². The maximum Gasteiger partial charge on any atom is 0.221 e. The molecule has 1 N–H and O–H groups in total. The zero-order valence-corrected chi connectivity index (χ0v) is 22.4. The SMILES string of the molecule is CC(C)[C@@H]1N=C(c2cc(C(C)(C)C)cc(C(C)(C)C)c2O)OC1(c1ccccc1)c1ccccc1. The Kier molecular flexibility index (Phi) is 6.34. The van der Waals surface area contributed by atoms with Crippen LogP contribution in [0.4, 0.5) is 0 Å². The summed E-state index contributed by atoms with van der Waals surface area (Å²) in [5, 5.41) is 11.6. The lowest BCUT2D eigenvalue weighted by molar-refractivity contribution is 0.0814. The summed E-state index contributed by atoms with van der Waals surface area (Å²) in [6.45, 7) is 17.4. The predicted molar refractivity (Wildman–Crippen MR) is 145 cm³/mol. The third-order valence-electron chi connectivity index (χ3n) is 6.98. The van der Waals surface area contributed by atoms with Gasteiger partial charge in [0.1, 0.15) is 11.8 Å². The van der Waals surface area contributed by atoms with Crippen molar-refractivity contribution in [3.63, 3.8) is 0 Å². The van der Waals surface area contributed by atoms with Gasteiger partial charge in [0.2, 0.25) is 5.90 Å². The van der Waals surface area contributed by atoms with Crippen molar-refractivity contribution in [1.82, 2.24) is 0 Å². The Morgan fingerprint density at radius 2 is 1.31 bits per heavy atom. The fraction of sp³-hybridized carbons (Fsp3) is 0.406. The molecule has 0 aromatic heterocycles. The van der Waals surface area contributed by atoms with Gasteiger partial charge in [0.05, 0.1) is 5.56 Å². The second kappa shape index (κ2) is 8.86. The fourth-order valence-corrected chi connectivity index (χ4v) is 5.00. The zero-order chi connectivity index (χ0) is 25.6. The number of aliphatic imine (C=N–C) groups is 1. The van der Waals surface area contributed by atoms with Crippen molar-refractivity contribution in [2.45, 2.75) is 77.9 Å². The lowest BCUT2D eigenvalue weighted by Crippen LogP contribution is -2.41. The van der Waals surface area contributed by atoms with Crippen LogP contribution in [0.25, 0.3) is 0 Å². The molecule has 0 unspecified atom stereocenters. The van der Waals surface area contributed by atoms with Gasteiger partial charge in [0.15, 0.2) is 5.60 Å². The van der Waals surface area contributed by atoms with E-state index in [4.69, 9.17) is 9.73 Å². The van der Waals surface area contributed by atoms with Crippen LogP contribution in [0.2, 0.25) is 0 Å². The highest BCUT2D eigenvalue weighted by Crippen LogP contribution is 2.48. The van der Waals surface area contributed by atoms with Crippen LogP contribution in [0.15, 0.2) is 77.8 Å². The molecule has 35 heavy (non-hydrogen) atoms. The Bertz CT molecular complexity index is 1170. The molecule has 3 aromatic carbocycles. The number of rotatable bonds is 4. The first kappa shape index (κ1) is 25.0. The van der Waals surface area contributed by atoms with Crippen LogP contribution in [0, 0.1) is 5.92 Å². The Balaban J connectivity index is 1.98. The van der Waals surface area contributed by atoms with Crippen LogP contribution in [0.5, 0.6) is 5.75 Å². The van der Waals surface area contributed by atoms with Gasteiger partial charge in [-0.05, 0) is 28.4 Å². The number of ether oxygens (including phenoxy) is 1. The fourth-order valence-electron chi connectivity index (χ4n) is 5.00. The highest BCUT2D eigenvalue weighted by molar-refractivity contribution is 5.99. The highest BCUT2D eigenvalue weighted by Gasteiger charge is 2.51. The quantitative estimate of drug-likeness (QED) is 0.425. The summed E-state index contributed by atoms with van der Waals surface area (Å²) in [5.41, 5.74) is 3.75. The molecule has 0 saturated carbocycles. The molecule has 184 valence electrons. The van der Waals surface area contributed by atoms with Gasteiger partial charge in [0, 0.05) is 16.7 Å². The number of hydrogen-bond donors (Lipinski definition) is 1. The molecule has 3 nitrogen and oxygen atoms in total. The smallest absolute Gasteiger partial charge is 0.221 e. The average molecular weight is 470 g/mol. The van der Waals surface area contributed by atoms with E-state index in [1.54, 1.807) is 0 Å². The average Bonchev–Trinajstić information content (AvgIpc) is 3.21.